The van der Waals surface area contributed by atoms with E-state index in [9.17, 15) is 35.6 Å². The standard InChI is InChI=1S/C23H24F4N2O5S/c1-14-12-28(21(30)10-17-6-7-19(20(24)9-17)23(25,26)27)13-15(2)29(14)35(33,34)18-5-3-4-16(8-18)11-22(31)32/h3-9,14-15H,10-13H2,1-2H3,(H,31,32)/t14-,15?/m0/s1. The maximum atomic E-state index is 13.9. The first-order valence-corrected chi connectivity index (χ1v) is 12.1. The van der Waals surface area contributed by atoms with E-state index >= 15 is 0 Å². The van der Waals surface area contributed by atoms with Crippen molar-refractivity contribution < 1.29 is 40.7 Å². The Labute approximate surface area is 200 Å². The van der Waals surface area contributed by atoms with Crippen LogP contribution in [0.5, 0.6) is 0 Å². The second-order valence-electron chi connectivity index (χ2n) is 8.54. The van der Waals surface area contributed by atoms with Crippen molar-refractivity contribution in [1.29, 1.82) is 0 Å². The van der Waals surface area contributed by atoms with Crippen molar-refractivity contribution in [3.63, 3.8) is 0 Å². The van der Waals surface area contributed by atoms with Crippen LogP contribution in [0.2, 0.25) is 0 Å². The summed E-state index contributed by atoms with van der Waals surface area (Å²) in [6.07, 6.45) is -5.51. The molecule has 12 heteroatoms. The van der Waals surface area contributed by atoms with Gasteiger partial charge in [-0.3, -0.25) is 9.59 Å². The fourth-order valence-corrected chi connectivity index (χ4v) is 6.16. The van der Waals surface area contributed by atoms with Crippen LogP contribution in [0, 0.1) is 5.82 Å². The van der Waals surface area contributed by atoms with E-state index < -0.39 is 51.5 Å². The van der Waals surface area contributed by atoms with Gasteiger partial charge < -0.3 is 10.0 Å². The molecule has 3 rings (SSSR count). The third-order valence-corrected chi connectivity index (χ3v) is 7.84. The zero-order valence-corrected chi connectivity index (χ0v) is 19.7. The van der Waals surface area contributed by atoms with Crippen LogP contribution in [0.3, 0.4) is 0 Å². The number of nitrogens with zero attached hydrogens (tertiary/aromatic N) is 2. The lowest BCUT2D eigenvalue weighted by Gasteiger charge is -2.43. The van der Waals surface area contributed by atoms with Crippen LogP contribution in [0.4, 0.5) is 17.6 Å². The van der Waals surface area contributed by atoms with E-state index in [4.69, 9.17) is 5.11 Å². The van der Waals surface area contributed by atoms with E-state index in [1.54, 1.807) is 13.8 Å². The summed E-state index contributed by atoms with van der Waals surface area (Å²) >= 11 is 0. The number of halogens is 4. The molecule has 1 N–H and O–H groups in total. The SMILES string of the molecule is CC1CN(C(=O)Cc2ccc(C(F)(F)F)c(F)c2)C[C@H](C)N1S(=O)(=O)c1cccc(CC(=O)O)c1. The average molecular weight is 517 g/mol. The highest BCUT2D eigenvalue weighted by molar-refractivity contribution is 7.89. The van der Waals surface area contributed by atoms with Gasteiger partial charge in [0.25, 0.3) is 0 Å². The van der Waals surface area contributed by atoms with Crippen molar-refractivity contribution in [3.8, 4) is 0 Å². The lowest BCUT2D eigenvalue weighted by molar-refractivity contribution is -0.140. The van der Waals surface area contributed by atoms with Gasteiger partial charge in [-0.15, -0.1) is 0 Å². The van der Waals surface area contributed by atoms with Gasteiger partial charge >= 0.3 is 12.1 Å². The van der Waals surface area contributed by atoms with E-state index in [1.165, 1.54) is 33.5 Å². The predicted molar refractivity (Wildman–Crippen MR) is 117 cm³/mol. The van der Waals surface area contributed by atoms with Gasteiger partial charge in [0.05, 0.1) is 23.3 Å². The summed E-state index contributed by atoms with van der Waals surface area (Å²) in [5.74, 6) is -3.03. The van der Waals surface area contributed by atoms with E-state index in [0.717, 1.165) is 6.07 Å². The number of piperazine rings is 1. The Balaban J connectivity index is 1.74. The van der Waals surface area contributed by atoms with Crippen LogP contribution < -0.4 is 0 Å². The number of carbonyl (C=O) groups excluding carboxylic acids is 1. The van der Waals surface area contributed by atoms with Gasteiger partial charge in [-0.2, -0.15) is 17.5 Å². The summed E-state index contributed by atoms with van der Waals surface area (Å²) in [5, 5.41) is 8.98. The minimum atomic E-state index is -4.84. The zero-order valence-electron chi connectivity index (χ0n) is 18.9. The molecule has 0 saturated carbocycles. The number of aliphatic carboxylic acids is 1. The van der Waals surface area contributed by atoms with E-state index in [0.29, 0.717) is 17.7 Å². The molecule has 1 aliphatic heterocycles. The maximum Gasteiger partial charge on any atom is 0.419 e. The number of rotatable bonds is 6. The number of sulfonamides is 1. The molecule has 1 aliphatic rings. The predicted octanol–water partition coefficient (Wildman–Crippen LogP) is 3.32. The Bertz CT molecular complexity index is 1220. The Morgan fingerprint density at radius 2 is 1.60 bits per heavy atom. The quantitative estimate of drug-likeness (QED) is 0.595. The molecule has 1 fully saturated rings. The summed E-state index contributed by atoms with van der Waals surface area (Å²) in [4.78, 5) is 25.1. The zero-order chi connectivity index (χ0) is 26.1. The lowest BCUT2D eigenvalue weighted by atomic mass is 10.1. The number of carboxylic acids is 1. The summed E-state index contributed by atoms with van der Waals surface area (Å²) in [6, 6.07) is 6.69. The van der Waals surface area contributed by atoms with Gasteiger partial charge in [0.1, 0.15) is 5.82 Å². The van der Waals surface area contributed by atoms with Crippen LogP contribution in [-0.2, 0) is 38.6 Å². The number of carboxylic acid groups (broad SMARTS) is 1. The van der Waals surface area contributed by atoms with Gasteiger partial charge in [0.15, 0.2) is 0 Å². The fourth-order valence-electron chi connectivity index (χ4n) is 4.28. The van der Waals surface area contributed by atoms with Gasteiger partial charge in [0, 0.05) is 25.2 Å². The highest BCUT2D eigenvalue weighted by atomic mass is 32.2. The highest BCUT2D eigenvalue weighted by Crippen LogP contribution is 2.32. The second-order valence-corrected chi connectivity index (χ2v) is 10.4. The second kappa shape index (κ2) is 9.94. The Kier molecular flexibility index (Phi) is 7.56. The fraction of sp³-hybridized carbons (Fsp3) is 0.391. The summed E-state index contributed by atoms with van der Waals surface area (Å²) in [7, 11) is -4.00. The first-order chi connectivity index (χ1) is 16.2. The molecule has 2 aromatic rings. The molecule has 1 amide bonds. The van der Waals surface area contributed by atoms with Crippen LogP contribution in [0.1, 0.15) is 30.5 Å². The molecule has 1 heterocycles. The van der Waals surface area contributed by atoms with Gasteiger partial charge in [-0.1, -0.05) is 18.2 Å². The molecular weight excluding hydrogens is 492 g/mol. The molecule has 0 aromatic heterocycles. The van der Waals surface area contributed by atoms with Crippen molar-refractivity contribution in [2.75, 3.05) is 13.1 Å². The minimum absolute atomic E-state index is 0.0281. The van der Waals surface area contributed by atoms with Crippen molar-refractivity contribution in [2.45, 2.75) is 49.8 Å². The number of carbonyl (C=O) groups is 2. The highest BCUT2D eigenvalue weighted by Gasteiger charge is 2.40. The number of hydrogen-bond acceptors (Lipinski definition) is 4. The van der Waals surface area contributed by atoms with Crippen LogP contribution >= 0.6 is 0 Å². The monoisotopic (exact) mass is 516 g/mol. The molecule has 1 saturated heterocycles. The van der Waals surface area contributed by atoms with Gasteiger partial charge in [-0.25, -0.2) is 12.8 Å². The Morgan fingerprint density at radius 1 is 1.00 bits per heavy atom. The molecule has 190 valence electrons. The molecule has 0 spiro atoms. The Morgan fingerprint density at radius 3 is 2.14 bits per heavy atom. The summed E-state index contributed by atoms with van der Waals surface area (Å²) in [5.41, 5.74) is -1.01. The maximum absolute atomic E-state index is 13.9. The number of amides is 1. The molecule has 1 unspecified atom stereocenters. The smallest absolute Gasteiger partial charge is 0.419 e. The first kappa shape index (κ1) is 26.6. The van der Waals surface area contributed by atoms with Crippen LogP contribution in [0.15, 0.2) is 47.4 Å². The van der Waals surface area contributed by atoms with Crippen molar-refractivity contribution in [2.24, 2.45) is 0 Å². The van der Waals surface area contributed by atoms with Gasteiger partial charge in [0.2, 0.25) is 15.9 Å². The normalized spacial score (nSPS) is 19.5. The Hall–Kier alpha value is -2.99. The lowest BCUT2D eigenvalue weighted by Crippen LogP contribution is -2.59. The summed E-state index contributed by atoms with van der Waals surface area (Å²) < 4.78 is 80.0. The first-order valence-electron chi connectivity index (χ1n) is 10.7. The minimum Gasteiger partial charge on any atom is -0.481 e. The average Bonchev–Trinajstić information content (AvgIpc) is 2.71. The molecule has 2 aromatic carbocycles. The third-order valence-electron chi connectivity index (χ3n) is 5.71. The third kappa shape index (κ3) is 5.99. The van der Waals surface area contributed by atoms with E-state index in [2.05, 4.69) is 0 Å². The molecule has 0 radical (unpaired) electrons. The summed E-state index contributed by atoms with van der Waals surface area (Å²) in [6.45, 7) is 3.29. The van der Waals surface area contributed by atoms with Crippen LogP contribution in [0.25, 0.3) is 0 Å². The molecule has 0 bridgehead atoms. The number of alkyl halides is 3. The van der Waals surface area contributed by atoms with Crippen LogP contribution in [-0.4, -0.2) is 59.8 Å². The van der Waals surface area contributed by atoms with Crippen molar-refractivity contribution in [3.05, 3.63) is 65.0 Å². The molecule has 0 aliphatic carbocycles. The molecule has 35 heavy (non-hydrogen) atoms. The van der Waals surface area contributed by atoms with E-state index in [1.807, 2.05) is 0 Å². The van der Waals surface area contributed by atoms with Gasteiger partial charge in [-0.05, 0) is 49.2 Å². The molecular formula is C23H24F4N2O5S. The largest absolute Gasteiger partial charge is 0.481 e. The number of benzene rings is 2. The topological polar surface area (TPSA) is 95.0 Å². The number of hydrogen-bond donors (Lipinski definition) is 1. The molecule has 2 atom stereocenters. The van der Waals surface area contributed by atoms with Crippen molar-refractivity contribution in [1.82, 2.24) is 9.21 Å². The molecule has 7 nitrogen and oxygen atoms in total. The van der Waals surface area contributed by atoms with E-state index in [-0.39, 0.29) is 36.4 Å². The van der Waals surface area contributed by atoms with Crippen molar-refractivity contribution >= 4 is 21.9 Å².